The van der Waals surface area contributed by atoms with E-state index in [4.69, 9.17) is 19.9 Å². The predicted molar refractivity (Wildman–Crippen MR) is 124 cm³/mol. The monoisotopic (exact) mass is 489 g/mol. The summed E-state index contributed by atoms with van der Waals surface area (Å²) in [5, 5.41) is 5.21. The molecule has 0 radical (unpaired) electrons. The largest absolute Gasteiger partial charge is 0.482 e. The lowest BCUT2D eigenvalue weighted by molar-refractivity contribution is -0.138. The number of hydrogen-bond donors (Lipinski definition) is 3. The van der Waals surface area contributed by atoms with Gasteiger partial charge in [0.05, 0.1) is 32.0 Å². The zero-order valence-corrected chi connectivity index (χ0v) is 19.7. The molecule has 3 aliphatic rings. The third-order valence-corrected chi connectivity index (χ3v) is 6.29. The minimum absolute atomic E-state index is 0.0602. The van der Waals surface area contributed by atoms with Crippen molar-refractivity contribution in [3.8, 4) is 5.75 Å². The molecule has 3 heterocycles. The van der Waals surface area contributed by atoms with Crippen LogP contribution in [0.15, 0.2) is 18.2 Å². The van der Waals surface area contributed by atoms with Crippen LogP contribution in [-0.2, 0) is 19.1 Å². The summed E-state index contributed by atoms with van der Waals surface area (Å²) in [5.74, 6) is -0.257. The van der Waals surface area contributed by atoms with E-state index in [2.05, 4.69) is 10.6 Å². The Bertz CT molecular complexity index is 998. The van der Waals surface area contributed by atoms with Crippen LogP contribution in [0.5, 0.6) is 5.75 Å². The Morgan fingerprint density at radius 2 is 2.00 bits per heavy atom. The summed E-state index contributed by atoms with van der Waals surface area (Å²) in [4.78, 5) is 52.9. The van der Waals surface area contributed by atoms with E-state index in [-0.39, 0.29) is 44.0 Å². The number of carbonyl (C=O) groups is 4. The molecule has 1 aromatic rings. The van der Waals surface area contributed by atoms with Crippen molar-refractivity contribution in [2.24, 2.45) is 5.73 Å². The maximum Gasteiger partial charge on any atom is 0.312 e. The first-order chi connectivity index (χ1) is 16.8. The SMILES string of the molecule is CCC(NC(N)=O)C(=O)N1CCOCC2(CN(C(=O)c3ccc4c(c3)NC(=O)CO4)CCCO2)C1. The van der Waals surface area contributed by atoms with E-state index in [0.717, 1.165) is 0 Å². The summed E-state index contributed by atoms with van der Waals surface area (Å²) in [5.41, 5.74) is 5.18. The molecule has 2 fully saturated rings. The van der Waals surface area contributed by atoms with Gasteiger partial charge in [-0.15, -0.1) is 0 Å². The quantitative estimate of drug-likeness (QED) is 0.535. The molecule has 2 saturated heterocycles. The minimum atomic E-state index is -0.922. The van der Waals surface area contributed by atoms with Crippen LogP contribution < -0.4 is 21.1 Å². The number of fused-ring (bicyclic) bond motifs is 1. The molecule has 12 heteroatoms. The van der Waals surface area contributed by atoms with Crippen molar-refractivity contribution in [1.29, 1.82) is 0 Å². The van der Waals surface area contributed by atoms with Gasteiger partial charge in [0.15, 0.2) is 6.61 Å². The normalized spacial score (nSPS) is 23.3. The Balaban J connectivity index is 1.53. The highest BCUT2D eigenvalue weighted by atomic mass is 16.5. The number of urea groups is 1. The van der Waals surface area contributed by atoms with E-state index >= 15 is 0 Å². The van der Waals surface area contributed by atoms with Crippen LogP contribution in [0.25, 0.3) is 0 Å². The maximum atomic E-state index is 13.5. The zero-order valence-electron chi connectivity index (χ0n) is 19.7. The van der Waals surface area contributed by atoms with Crippen molar-refractivity contribution in [1.82, 2.24) is 15.1 Å². The summed E-state index contributed by atoms with van der Waals surface area (Å²) < 4.78 is 17.4. The Hall–Kier alpha value is -3.38. The van der Waals surface area contributed by atoms with Gasteiger partial charge in [-0.3, -0.25) is 14.4 Å². The lowest BCUT2D eigenvalue weighted by atomic mass is 10.0. The number of nitrogens with zero attached hydrogens (tertiary/aromatic N) is 2. The number of ether oxygens (including phenoxy) is 3. The molecule has 0 aliphatic carbocycles. The van der Waals surface area contributed by atoms with Gasteiger partial charge in [0.2, 0.25) is 5.91 Å². The number of rotatable bonds is 4. The van der Waals surface area contributed by atoms with Gasteiger partial charge >= 0.3 is 6.03 Å². The number of carbonyl (C=O) groups excluding carboxylic acids is 4. The smallest absolute Gasteiger partial charge is 0.312 e. The van der Waals surface area contributed by atoms with Gasteiger partial charge in [-0.2, -0.15) is 0 Å². The predicted octanol–water partition coefficient (Wildman–Crippen LogP) is -0.0755. The fourth-order valence-electron chi connectivity index (χ4n) is 4.60. The number of nitrogens with two attached hydrogens (primary N) is 1. The molecule has 2 unspecified atom stereocenters. The minimum Gasteiger partial charge on any atom is -0.482 e. The highest BCUT2D eigenvalue weighted by Gasteiger charge is 2.42. The standard InChI is InChI=1S/C23H31N5O7/c1-2-16(26-22(24)32)21(31)28-7-9-33-14-23(13-28)12-27(6-3-8-35-23)20(30)15-4-5-18-17(10-15)25-19(29)11-34-18/h4-5,10,16H,2-3,6-9,11-14H2,1H3,(H,25,29)(H3,24,26,32). The van der Waals surface area contributed by atoms with Gasteiger partial charge in [0, 0.05) is 25.3 Å². The summed E-state index contributed by atoms with van der Waals surface area (Å²) in [6, 6.07) is 3.42. The molecule has 12 nitrogen and oxygen atoms in total. The third-order valence-electron chi connectivity index (χ3n) is 6.29. The Morgan fingerprint density at radius 1 is 1.20 bits per heavy atom. The zero-order chi connectivity index (χ0) is 25.0. The molecule has 3 aliphatic heterocycles. The van der Waals surface area contributed by atoms with Crippen LogP contribution in [-0.4, -0.2) is 97.8 Å². The second-order valence-corrected chi connectivity index (χ2v) is 8.94. The number of nitrogens with one attached hydrogen (secondary N) is 2. The highest BCUT2D eigenvalue weighted by molar-refractivity contribution is 6.00. The fraction of sp³-hybridized carbons (Fsp3) is 0.565. The van der Waals surface area contributed by atoms with Crippen molar-refractivity contribution >= 4 is 29.4 Å². The average molecular weight is 490 g/mol. The van der Waals surface area contributed by atoms with Crippen molar-refractivity contribution < 1.29 is 33.4 Å². The summed E-state index contributed by atoms with van der Waals surface area (Å²) in [6.07, 6.45) is 1.00. The molecule has 0 bridgehead atoms. The number of hydrogen-bond acceptors (Lipinski definition) is 7. The first-order valence-electron chi connectivity index (χ1n) is 11.7. The van der Waals surface area contributed by atoms with Crippen LogP contribution in [0.3, 0.4) is 0 Å². The summed E-state index contributed by atoms with van der Waals surface area (Å²) in [7, 11) is 0. The first kappa shape index (κ1) is 24.7. The number of amides is 5. The molecule has 1 aromatic carbocycles. The number of anilines is 1. The highest BCUT2D eigenvalue weighted by Crippen LogP contribution is 2.30. The van der Waals surface area contributed by atoms with E-state index in [1.807, 2.05) is 0 Å². The van der Waals surface area contributed by atoms with E-state index in [9.17, 15) is 19.2 Å². The Morgan fingerprint density at radius 3 is 2.77 bits per heavy atom. The topological polar surface area (TPSA) is 153 Å². The molecular weight excluding hydrogens is 458 g/mol. The van der Waals surface area contributed by atoms with Gasteiger partial charge in [-0.25, -0.2) is 4.79 Å². The maximum absolute atomic E-state index is 13.5. The molecule has 4 N–H and O–H groups in total. The van der Waals surface area contributed by atoms with Gasteiger partial charge in [-0.1, -0.05) is 6.92 Å². The average Bonchev–Trinajstić information content (AvgIpc) is 3.19. The Labute approximate surface area is 203 Å². The van der Waals surface area contributed by atoms with Crippen molar-refractivity contribution in [2.75, 3.05) is 57.9 Å². The van der Waals surface area contributed by atoms with Gasteiger partial charge < -0.3 is 40.4 Å². The molecule has 1 spiro atoms. The number of primary amides is 1. The summed E-state index contributed by atoms with van der Waals surface area (Å²) >= 11 is 0. The molecule has 0 saturated carbocycles. The lowest BCUT2D eigenvalue weighted by Gasteiger charge is -2.37. The molecule has 0 aromatic heterocycles. The molecule has 190 valence electrons. The van der Waals surface area contributed by atoms with Gasteiger partial charge in [-0.05, 0) is 31.0 Å². The molecular formula is C23H31N5O7. The van der Waals surface area contributed by atoms with Crippen LogP contribution in [0, 0.1) is 0 Å². The van der Waals surface area contributed by atoms with Crippen LogP contribution in [0.1, 0.15) is 30.1 Å². The lowest BCUT2D eigenvalue weighted by Crippen LogP contribution is -2.57. The van der Waals surface area contributed by atoms with E-state index < -0.39 is 17.7 Å². The second-order valence-electron chi connectivity index (χ2n) is 8.94. The molecule has 4 rings (SSSR count). The first-order valence-corrected chi connectivity index (χ1v) is 11.7. The number of benzene rings is 1. The van der Waals surface area contributed by atoms with E-state index in [1.54, 1.807) is 34.9 Å². The second kappa shape index (κ2) is 10.5. The summed E-state index contributed by atoms with van der Waals surface area (Å²) in [6.45, 7) is 3.88. The van der Waals surface area contributed by atoms with Gasteiger partial charge in [0.1, 0.15) is 17.4 Å². The van der Waals surface area contributed by atoms with Gasteiger partial charge in [0.25, 0.3) is 11.8 Å². The van der Waals surface area contributed by atoms with E-state index in [1.165, 1.54) is 0 Å². The van der Waals surface area contributed by atoms with Crippen molar-refractivity contribution in [2.45, 2.75) is 31.4 Å². The van der Waals surface area contributed by atoms with Crippen LogP contribution in [0.4, 0.5) is 10.5 Å². The molecule has 2 atom stereocenters. The van der Waals surface area contributed by atoms with Crippen molar-refractivity contribution in [3.63, 3.8) is 0 Å². The Kier molecular flexibility index (Phi) is 7.41. The van der Waals surface area contributed by atoms with Crippen molar-refractivity contribution in [3.05, 3.63) is 23.8 Å². The third kappa shape index (κ3) is 5.65. The van der Waals surface area contributed by atoms with E-state index in [0.29, 0.717) is 56.1 Å². The van der Waals surface area contributed by atoms with Crippen LogP contribution in [0.2, 0.25) is 0 Å². The molecule has 35 heavy (non-hydrogen) atoms. The molecule has 5 amide bonds. The van der Waals surface area contributed by atoms with Crippen LogP contribution >= 0.6 is 0 Å². The fourth-order valence-corrected chi connectivity index (χ4v) is 4.60.